The lowest BCUT2D eigenvalue weighted by molar-refractivity contribution is -0.122. The molecule has 2 atom stereocenters. The molecule has 6 heteroatoms. The lowest BCUT2D eigenvalue weighted by atomic mass is 9.85. The Morgan fingerprint density at radius 3 is 2.82 bits per heavy atom. The van der Waals surface area contributed by atoms with Crippen LogP contribution in [0.1, 0.15) is 31.7 Å². The van der Waals surface area contributed by atoms with Crippen LogP contribution in [0.4, 0.5) is 8.78 Å². The van der Waals surface area contributed by atoms with Gasteiger partial charge in [-0.05, 0) is 55.5 Å². The fourth-order valence-corrected chi connectivity index (χ4v) is 2.75. The highest BCUT2D eigenvalue weighted by atomic mass is 35.5. The largest absolute Gasteiger partial charge is 0.352 e. The van der Waals surface area contributed by atoms with E-state index in [1.165, 1.54) is 6.07 Å². The van der Waals surface area contributed by atoms with Gasteiger partial charge in [0, 0.05) is 13.0 Å². The summed E-state index contributed by atoms with van der Waals surface area (Å²) in [6, 6.07) is 3.67. The Kier molecular flexibility index (Phi) is 7.76. The minimum absolute atomic E-state index is 0. The summed E-state index contributed by atoms with van der Waals surface area (Å²) in [5.41, 5.74) is 0.564. The van der Waals surface area contributed by atoms with Crippen molar-refractivity contribution >= 4 is 18.3 Å². The topological polar surface area (TPSA) is 41.1 Å². The minimum atomic E-state index is -0.886. The number of piperidine rings is 1. The van der Waals surface area contributed by atoms with Gasteiger partial charge < -0.3 is 10.6 Å². The van der Waals surface area contributed by atoms with Gasteiger partial charge in [0.15, 0.2) is 11.6 Å². The van der Waals surface area contributed by atoms with Crippen molar-refractivity contribution in [3.8, 4) is 0 Å². The minimum Gasteiger partial charge on any atom is -0.352 e. The van der Waals surface area contributed by atoms with E-state index in [0.29, 0.717) is 23.8 Å². The summed E-state index contributed by atoms with van der Waals surface area (Å²) in [6.45, 7) is 4.35. The summed E-state index contributed by atoms with van der Waals surface area (Å²) in [4.78, 5) is 11.9. The van der Waals surface area contributed by atoms with E-state index in [-0.39, 0.29) is 24.9 Å². The van der Waals surface area contributed by atoms with Crippen LogP contribution >= 0.6 is 12.4 Å². The van der Waals surface area contributed by atoms with Crippen LogP contribution in [0.3, 0.4) is 0 Å². The van der Waals surface area contributed by atoms with E-state index in [4.69, 9.17) is 0 Å². The third-order valence-electron chi connectivity index (χ3n) is 4.12. The number of carbonyl (C=O) groups excluding carboxylic acids is 1. The molecule has 1 amide bonds. The third-order valence-corrected chi connectivity index (χ3v) is 4.12. The Hall–Kier alpha value is -1.20. The molecule has 1 heterocycles. The molecule has 0 saturated carbocycles. The highest BCUT2D eigenvalue weighted by Gasteiger charge is 2.21. The van der Waals surface area contributed by atoms with Gasteiger partial charge >= 0.3 is 0 Å². The van der Waals surface area contributed by atoms with Gasteiger partial charge in [-0.15, -0.1) is 12.4 Å². The number of rotatable bonds is 5. The van der Waals surface area contributed by atoms with Crippen LogP contribution in [0, 0.1) is 23.5 Å². The fourth-order valence-electron chi connectivity index (χ4n) is 2.75. The molecule has 0 radical (unpaired) electrons. The van der Waals surface area contributed by atoms with Crippen molar-refractivity contribution in [3.05, 3.63) is 35.4 Å². The fraction of sp³-hybridized carbons (Fsp3) is 0.562. The SMILES string of the molecule is CC(CC(=O)NCc1ccc(F)c(F)c1)C1CCCNC1.Cl. The second-order valence-electron chi connectivity index (χ2n) is 5.81. The summed E-state index contributed by atoms with van der Waals surface area (Å²) in [5, 5.41) is 6.12. The third kappa shape index (κ3) is 5.54. The van der Waals surface area contributed by atoms with E-state index in [9.17, 15) is 13.6 Å². The van der Waals surface area contributed by atoms with Gasteiger partial charge in [-0.3, -0.25) is 4.79 Å². The van der Waals surface area contributed by atoms with Gasteiger partial charge in [0.05, 0.1) is 0 Å². The summed E-state index contributed by atoms with van der Waals surface area (Å²) >= 11 is 0. The average Bonchev–Trinajstić information content (AvgIpc) is 2.49. The molecular formula is C16H23ClF2N2O. The molecular weight excluding hydrogens is 310 g/mol. The molecule has 2 unspecified atom stereocenters. The summed E-state index contributed by atoms with van der Waals surface area (Å²) in [5.74, 6) is -0.944. The maximum absolute atomic E-state index is 13.1. The van der Waals surface area contributed by atoms with Gasteiger partial charge in [-0.25, -0.2) is 8.78 Å². The van der Waals surface area contributed by atoms with Crippen LogP contribution in [0.15, 0.2) is 18.2 Å². The zero-order valence-corrected chi connectivity index (χ0v) is 13.5. The first-order valence-electron chi connectivity index (χ1n) is 7.47. The second-order valence-corrected chi connectivity index (χ2v) is 5.81. The molecule has 1 aliphatic rings. The van der Waals surface area contributed by atoms with E-state index >= 15 is 0 Å². The van der Waals surface area contributed by atoms with Crippen LogP contribution < -0.4 is 10.6 Å². The number of hydrogen-bond acceptors (Lipinski definition) is 2. The molecule has 2 N–H and O–H groups in total. The maximum atomic E-state index is 13.1. The number of carbonyl (C=O) groups is 1. The Morgan fingerprint density at radius 1 is 1.41 bits per heavy atom. The highest BCUT2D eigenvalue weighted by Crippen LogP contribution is 2.22. The van der Waals surface area contributed by atoms with Crippen LogP contribution in [0.2, 0.25) is 0 Å². The Balaban J connectivity index is 0.00000242. The van der Waals surface area contributed by atoms with Gasteiger partial charge in [0.2, 0.25) is 5.91 Å². The molecule has 1 fully saturated rings. The average molecular weight is 333 g/mol. The molecule has 1 aliphatic heterocycles. The molecule has 22 heavy (non-hydrogen) atoms. The molecule has 124 valence electrons. The number of nitrogens with one attached hydrogen (secondary N) is 2. The first kappa shape index (κ1) is 18.8. The van der Waals surface area contributed by atoms with Gasteiger partial charge in [-0.1, -0.05) is 13.0 Å². The van der Waals surface area contributed by atoms with Crippen molar-refractivity contribution in [1.82, 2.24) is 10.6 Å². The zero-order chi connectivity index (χ0) is 15.2. The smallest absolute Gasteiger partial charge is 0.220 e. The van der Waals surface area contributed by atoms with Crippen LogP contribution in [0.25, 0.3) is 0 Å². The molecule has 0 bridgehead atoms. The predicted molar refractivity (Wildman–Crippen MR) is 84.8 cm³/mol. The zero-order valence-electron chi connectivity index (χ0n) is 12.7. The standard InChI is InChI=1S/C16H22F2N2O.ClH/c1-11(13-3-2-6-19-10-13)7-16(21)20-9-12-4-5-14(17)15(18)8-12;/h4-5,8,11,13,19H,2-3,6-7,9-10H2,1H3,(H,20,21);1H. The maximum Gasteiger partial charge on any atom is 0.220 e. The Labute approximate surface area is 136 Å². The van der Waals surface area contributed by atoms with E-state index in [2.05, 4.69) is 17.6 Å². The number of halogens is 3. The van der Waals surface area contributed by atoms with Gasteiger partial charge in [0.1, 0.15) is 0 Å². The summed E-state index contributed by atoms with van der Waals surface area (Å²) in [6.07, 6.45) is 2.78. The monoisotopic (exact) mass is 332 g/mol. The summed E-state index contributed by atoms with van der Waals surface area (Å²) < 4.78 is 25.9. The van der Waals surface area contributed by atoms with Crippen molar-refractivity contribution in [2.75, 3.05) is 13.1 Å². The normalized spacial score (nSPS) is 19.1. The Bertz CT molecular complexity index is 493. The number of hydrogen-bond donors (Lipinski definition) is 2. The van der Waals surface area contributed by atoms with Crippen molar-refractivity contribution in [3.63, 3.8) is 0 Å². The molecule has 1 saturated heterocycles. The van der Waals surface area contributed by atoms with Crippen molar-refractivity contribution < 1.29 is 13.6 Å². The predicted octanol–water partition coefficient (Wildman–Crippen LogP) is 3.03. The first-order valence-corrected chi connectivity index (χ1v) is 7.47. The van der Waals surface area contributed by atoms with Gasteiger partial charge in [-0.2, -0.15) is 0 Å². The van der Waals surface area contributed by atoms with E-state index < -0.39 is 11.6 Å². The lowest BCUT2D eigenvalue weighted by Gasteiger charge is -2.28. The quantitative estimate of drug-likeness (QED) is 0.870. The molecule has 0 aromatic heterocycles. The second kappa shape index (κ2) is 9.06. The van der Waals surface area contributed by atoms with Crippen LogP contribution in [-0.4, -0.2) is 19.0 Å². The van der Waals surface area contributed by atoms with Crippen molar-refractivity contribution in [2.24, 2.45) is 11.8 Å². The van der Waals surface area contributed by atoms with E-state index in [1.54, 1.807) is 0 Å². The number of benzene rings is 1. The van der Waals surface area contributed by atoms with Crippen LogP contribution in [0.5, 0.6) is 0 Å². The molecule has 0 spiro atoms. The first-order chi connectivity index (χ1) is 10.1. The molecule has 1 aromatic rings. The summed E-state index contributed by atoms with van der Waals surface area (Å²) in [7, 11) is 0. The lowest BCUT2D eigenvalue weighted by Crippen LogP contribution is -2.35. The molecule has 1 aromatic carbocycles. The van der Waals surface area contributed by atoms with E-state index in [0.717, 1.165) is 38.1 Å². The highest BCUT2D eigenvalue weighted by molar-refractivity contribution is 5.85. The molecule has 0 aliphatic carbocycles. The van der Waals surface area contributed by atoms with Crippen molar-refractivity contribution in [1.29, 1.82) is 0 Å². The van der Waals surface area contributed by atoms with E-state index in [1.807, 2.05) is 0 Å². The Morgan fingerprint density at radius 2 is 2.18 bits per heavy atom. The number of amides is 1. The molecule has 2 rings (SSSR count). The van der Waals surface area contributed by atoms with Gasteiger partial charge in [0.25, 0.3) is 0 Å². The van der Waals surface area contributed by atoms with Crippen molar-refractivity contribution in [2.45, 2.75) is 32.7 Å². The van der Waals surface area contributed by atoms with Crippen LogP contribution in [-0.2, 0) is 11.3 Å². The molecule has 3 nitrogen and oxygen atoms in total.